The van der Waals surface area contributed by atoms with Crippen LogP contribution < -0.4 is 0 Å². The minimum absolute atomic E-state index is 0.292. The van der Waals surface area contributed by atoms with E-state index in [1.54, 1.807) is 4.90 Å². The Labute approximate surface area is 67.6 Å². The smallest absolute Gasteiger partial charge is 0.222 e. The number of nitriles is 1. The summed E-state index contributed by atoms with van der Waals surface area (Å²) in [6, 6.07) is 1.93. The lowest BCUT2D eigenvalue weighted by Crippen LogP contribution is -2.17. The van der Waals surface area contributed by atoms with E-state index < -0.39 is 0 Å². The molecule has 0 aromatic carbocycles. The molecule has 0 unspecified atom stereocenters. The van der Waals surface area contributed by atoms with Gasteiger partial charge in [0.05, 0.1) is 6.07 Å². The monoisotopic (exact) mass is 154 g/mol. The van der Waals surface area contributed by atoms with Crippen molar-refractivity contribution in [3.05, 3.63) is 0 Å². The van der Waals surface area contributed by atoms with E-state index in [1.165, 1.54) is 0 Å². The van der Waals surface area contributed by atoms with E-state index in [0.29, 0.717) is 12.3 Å². The number of amides is 1. The van der Waals surface area contributed by atoms with Crippen LogP contribution in [0.4, 0.5) is 0 Å². The molecule has 0 aromatic rings. The number of hydrogen-bond donors (Lipinski definition) is 0. The molecular formula is C8H14N2O. The van der Waals surface area contributed by atoms with E-state index >= 15 is 0 Å². The molecule has 0 atom stereocenters. The zero-order chi connectivity index (χ0) is 8.69. The minimum Gasteiger partial charge on any atom is -0.346 e. The Bertz CT molecular complexity index is 160. The Morgan fingerprint density at radius 3 is 2.36 bits per heavy atom. The van der Waals surface area contributed by atoms with Crippen molar-refractivity contribution in [3.8, 4) is 6.07 Å². The molecule has 0 saturated carbocycles. The molecule has 11 heavy (non-hydrogen) atoms. The maximum Gasteiger partial charge on any atom is 0.222 e. The van der Waals surface area contributed by atoms with Gasteiger partial charge >= 0.3 is 0 Å². The summed E-state index contributed by atoms with van der Waals surface area (Å²) in [7, 11) is 1.84. The second-order valence-corrected chi connectivity index (χ2v) is 2.43. The maximum atomic E-state index is 10.5. The molecule has 0 radical (unpaired) electrons. The van der Waals surface area contributed by atoms with Gasteiger partial charge in [-0.1, -0.05) is 6.92 Å². The van der Waals surface area contributed by atoms with Crippen LogP contribution in [0.3, 0.4) is 0 Å². The largest absolute Gasteiger partial charge is 0.346 e. The Hall–Kier alpha value is -1.04. The number of rotatable bonds is 0. The first-order chi connectivity index (χ1) is 5.22. The fraction of sp³-hybridized carbons (Fsp3) is 0.750. The van der Waals surface area contributed by atoms with Crippen molar-refractivity contribution in [3.63, 3.8) is 0 Å². The summed E-state index contributed by atoms with van der Waals surface area (Å²) in [5, 5.41) is 7.62. The summed E-state index contributed by atoms with van der Waals surface area (Å²) in [4.78, 5) is 12.3. The highest BCUT2D eigenvalue weighted by molar-refractivity contribution is 5.77. The van der Waals surface area contributed by atoms with Crippen molar-refractivity contribution in [1.29, 1.82) is 5.26 Å². The third-order valence-corrected chi connectivity index (χ3v) is 1.47. The molecule has 3 nitrogen and oxygen atoms in total. The molecule has 1 heterocycles. The van der Waals surface area contributed by atoms with Gasteiger partial charge in [0.25, 0.3) is 0 Å². The molecule has 62 valence electrons. The van der Waals surface area contributed by atoms with Crippen LogP contribution >= 0.6 is 0 Å². The second-order valence-electron chi connectivity index (χ2n) is 2.43. The van der Waals surface area contributed by atoms with Gasteiger partial charge in [0.2, 0.25) is 5.91 Å². The maximum absolute atomic E-state index is 10.5. The van der Waals surface area contributed by atoms with Crippen LogP contribution in [0.15, 0.2) is 0 Å². The highest BCUT2D eigenvalue weighted by Gasteiger charge is 2.14. The van der Waals surface area contributed by atoms with Gasteiger partial charge in [-0.05, 0) is 6.42 Å². The first-order valence-electron chi connectivity index (χ1n) is 3.83. The molecule has 3 heteroatoms. The lowest BCUT2D eigenvalue weighted by molar-refractivity contribution is -0.126. The van der Waals surface area contributed by atoms with Crippen molar-refractivity contribution in [2.45, 2.75) is 26.2 Å². The molecule has 1 rings (SSSR count). The number of likely N-dealkylation sites (tertiary alicyclic amines) is 1. The summed E-state index contributed by atoms with van der Waals surface area (Å²) in [6.07, 6.45) is 2.44. The van der Waals surface area contributed by atoms with Gasteiger partial charge in [-0.2, -0.15) is 5.26 Å². The van der Waals surface area contributed by atoms with Crippen LogP contribution in [0.5, 0.6) is 0 Å². The van der Waals surface area contributed by atoms with Gasteiger partial charge in [-0.15, -0.1) is 0 Å². The fourth-order valence-corrected chi connectivity index (χ4v) is 0.783. The molecule has 0 N–H and O–H groups in total. The summed E-state index contributed by atoms with van der Waals surface area (Å²) in [5.74, 6) is 0.292. The Balaban J connectivity index is 0.000000218. The van der Waals surface area contributed by atoms with Gasteiger partial charge in [0, 0.05) is 26.4 Å². The number of carbonyl (C=O) groups excluding carboxylic acids is 1. The van der Waals surface area contributed by atoms with E-state index in [-0.39, 0.29) is 0 Å². The molecule has 0 aromatic heterocycles. The van der Waals surface area contributed by atoms with Crippen molar-refractivity contribution in [2.24, 2.45) is 0 Å². The SMILES string of the molecule is CCC#N.CN1CCCC1=O. The van der Waals surface area contributed by atoms with E-state index in [1.807, 2.05) is 20.0 Å². The summed E-state index contributed by atoms with van der Waals surface area (Å²) in [5.41, 5.74) is 0. The van der Waals surface area contributed by atoms with Crippen molar-refractivity contribution in [2.75, 3.05) is 13.6 Å². The normalized spacial score (nSPS) is 15.4. The zero-order valence-corrected chi connectivity index (χ0v) is 7.13. The molecule has 1 fully saturated rings. The number of hydrogen-bond acceptors (Lipinski definition) is 2. The van der Waals surface area contributed by atoms with Crippen molar-refractivity contribution < 1.29 is 4.79 Å². The first kappa shape index (κ1) is 9.96. The third kappa shape index (κ3) is 4.38. The van der Waals surface area contributed by atoms with E-state index in [9.17, 15) is 4.79 Å². The van der Waals surface area contributed by atoms with Gasteiger partial charge in [-0.3, -0.25) is 4.79 Å². The predicted molar refractivity (Wildman–Crippen MR) is 42.8 cm³/mol. The molecule has 1 amide bonds. The van der Waals surface area contributed by atoms with Crippen LogP contribution in [0.2, 0.25) is 0 Å². The minimum atomic E-state index is 0.292. The number of carbonyl (C=O) groups is 1. The van der Waals surface area contributed by atoms with Gasteiger partial charge in [0.1, 0.15) is 0 Å². The number of nitrogens with zero attached hydrogens (tertiary/aromatic N) is 2. The predicted octanol–water partition coefficient (Wildman–Crippen LogP) is 1.16. The van der Waals surface area contributed by atoms with E-state index in [0.717, 1.165) is 19.4 Å². The van der Waals surface area contributed by atoms with E-state index in [4.69, 9.17) is 5.26 Å². The first-order valence-corrected chi connectivity index (χ1v) is 3.83. The highest BCUT2D eigenvalue weighted by Crippen LogP contribution is 2.04. The standard InChI is InChI=1S/C5H9NO.C3H5N/c1-6-4-2-3-5(6)7;1-2-3-4/h2-4H2,1H3;2H2,1H3. The van der Waals surface area contributed by atoms with Crippen LogP contribution in [0.25, 0.3) is 0 Å². The second kappa shape index (κ2) is 5.72. The lowest BCUT2D eigenvalue weighted by Gasteiger charge is -2.03. The Morgan fingerprint density at radius 2 is 2.27 bits per heavy atom. The molecule has 1 saturated heterocycles. The van der Waals surface area contributed by atoms with Crippen LogP contribution in [0.1, 0.15) is 26.2 Å². The molecule has 1 aliphatic rings. The third-order valence-electron chi connectivity index (χ3n) is 1.47. The molecular weight excluding hydrogens is 140 g/mol. The van der Waals surface area contributed by atoms with Crippen LogP contribution in [0, 0.1) is 11.3 Å². The Morgan fingerprint density at radius 1 is 1.73 bits per heavy atom. The molecule has 1 aliphatic heterocycles. The van der Waals surface area contributed by atoms with E-state index in [2.05, 4.69) is 0 Å². The zero-order valence-electron chi connectivity index (χ0n) is 7.13. The van der Waals surface area contributed by atoms with Gasteiger partial charge in [0.15, 0.2) is 0 Å². The van der Waals surface area contributed by atoms with Crippen LogP contribution in [-0.4, -0.2) is 24.4 Å². The molecule has 0 aliphatic carbocycles. The lowest BCUT2D eigenvalue weighted by atomic mass is 10.4. The highest BCUT2D eigenvalue weighted by atomic mass is 16.2. The van der Waals surface area contributed by atoms with Gasteiger partial charge in [-0.25, -0.2) is 0 Å². The average Bonchev–Trinajstić information content (AvgIpc) is 2.37. The topological polar surface area (TPSA) is 44.1 Å². The average molecular weight is 154 g/mol. The summed E-state index contributed by atoms with van der Waals surface area (Å²) >= 11 is 0. The summed E-state index contributed by atoms with van der Waals surface area (Å²) < 4.78 is 0. The molecule has 0 spiro atoms. The quantitative estimate of drug-likeness (QED) is 0.525. The van der Waals surface area contributed by atoms with Crippen molar-refractivity contribution >= 4 is 5.91 Å². The van der Waals surface area contributed by atoms with Crippen molar-refractivity contribution in [1.82, 2.24) is 4.90 Å². The Kier molecular flexibility index (Phi) is 5.18. The fourth-order valence-electron chi connectivity index (χ4n) is 0.783. The van der Waals surface area contributed by atoms with Crippen LogP contribution in [-0.2, 0) is 4.79 Å². The summed E-state index contributed by atoms with van der Waals surface area (Å²) in [6.45, 7) is 2.78. The van der Waals surface area contributed by atoms with Gasteiger partial charge < -0.3 is 4.90 Å². The molecule has 0 bridgehead atoms.